The van der Waals surface area contributed by atoms with Gasteiger partial charge in [0.25, 0.3) is 5.56 Å². The number of nitrogens with zero attached hydrogens (tertiary/aromatic N) is 2. The topological polar surface area (TPSA) is 34.9 Å². The third kappa shape index (κ3) is 2.20. The lowest BCUT2D eigenvalue weighted by molar-refractivity contribution is 0.873. The van der Waals surface area contributed by atoms with E-state index < -0.39 is 7.30 Å². The van der Waals surface area contributed by atoms with Crippen LogP contribution >= 0.6 is 33.1 Å². The van der Waals surface area contributed by atoms with Crippen LogP contribution in [0.3, 0.4) is 0 Å². The number of rotatable bonds is 2. The maximum absolute atomic E-state index is 12.1. The van der Waals surface area contributed by atoms with Crippen molar-refractivity contribution in [3.8, 4) is 0 Å². The van der Waals surface area contributed by atoms with Gasteiger partial charge in [-0.3, -0.25) is 9.78 Å². The molecular formula is C9H12N2OP4. The highest BCUT2D eigenvalue weighted by molar-refractivity contribution is 8.63. The van der Waals surface area contributed by atoms with Crippen LogP contribution in [-0.2, 0) is 7.05 Å². The van der Waals surface area contributed by atoms with Crippen LogP contribution in [0.2, 0.25) is 0 Å². The van der Waals surface area contributed by atoms with Gasteiger partial charge in [0, 0.05) is 19.4 Å². The third-order valence-corrected chi connectivity index (χ3v) is 12.1. The molecule has 0 bridgehead atoms. The van der Waals surface area contributed by atoms with Crippen molar-refractivity contribution in [2.45, 2.75) is 0 Å². The Morgan fingerprint density at radius 1 is 1.50 bits per heavy atom. The number of aromatic nitrogens is 2. The molecule has 0 saturated carbocycles. The van der Waals surface area contributed by atoms with Crippen molar-refractivity contribution in [1.82, 2.24) is 9.55 Å². The first-order chi connectivity index (χ1) is 7.65. The fourth-order valence-corrected chi connectivity index (χ4v) is 4.85. The van der Waals surface area contributed by atoms with E-state index in [9.17, 15) is 4.79 Å². The number of hydrogen-bond donors (Lipinski definition) is 0. The minimum Gasteiger partial charge on any atom is -0.318 e. The molecule has 0 aliphatic carbocycles. The summed E-state index contributed by atoms with van der Waals surface area (Å²) in [6, 6.07) is 3.85. The minimum absolute atomic E-state index is 0.0406. The summed E-state index contributed by atoms with van der Waals surface area (Å²) in [6.45, 7) is 0. The molecule has 0 aliphatic heterocycles. The summed E-state index contributed by atoms with van der Waals surface area (Å²) >= 11 is 0. The maximum atomic E-state index is 12.1. The summed E-state index contributed by atoms with van der Waals surface area (Å²) in [5, 5.41) is 1.75. The Labute approximate surface area is 101 Å². The molecule has 4 unspecified atom stereocenters. The van der Waals surface area contributed by atoms with E-state index in [-0.39, 0.29) is 5.56 Å². The second-order valence-corrected chi connectivity index (χ2v) is 12.4. The van der Waals surface area contributed by atoms with Crippen molar-refractivity contribution >= 4 is 49.3 Å². The number of pyridine rings is 2. The first-order valence-electron chi connectivity index (χ1n) is 4.60. The first kappa shape index (κ1) is 12.5. The molecular weight excluding hydrogens is 276 g/mol. The molecule has 2 aromatic heterocycles. The molecule has 0 spiro atoms. The third-order valence-electron chi connectivity index (χ3n) is 2.34. The summed E-state index contributed by atoms with van der Waals surface area (Å²) in [7, 11) is 7.59. The molecule has 84 valence electrons. The highest BCUT2D eigenvalue weighted by atomic mass is 32.6. The molecule has 0 saturated heterocycles. The van der Waals surface area contributed by atoms with E-state index in [0.717, 1.165) is 16.2 Å². The smallest absolute Gasteiger partial charge is 0.260 e. The zero-order valence-corrected chi connectivity index (χ0v) is 12.9. The molecule has 0 amide bonds. The lowest BCUT2D eigenvalue weighted by atomic mass is 10.2. The molecule has 2 rings (SSSR count). The average molecular weight is 288 g/mol. The van der Waals surface area contributed by atoms with Crippen molar-refractivity contribution in [3.05, 3.63) is 34.9 Å². The second-order valence-electron chi connectivity index (χ2n) is 3.33. The largest absolute Gasteiger partial charge is 0.318 e. The van der Waals surface area contributed by atoms with Crippen molar-refractivity contribution in [2.24, 2.45) is 7.05 Å². The summed E-state index contributed by atoms with van der Waals surface area (Å²) < 4.78 is 1.60. The fraction of sp³-hybridized carbons (Fsp3) is 0.111. The zero-order valence-electron chi connectivity index (χ0n) is 8.71. The van der Waals surface area contributed by atoms with E-state index in [2.05, 4.69) is 22.8 Å². The SMILES string of the molecule is Cn1ccc2ccnc(P(P)PP)c2c1=O. The quantitative estimate of drug-likeness (QED) is 0.794. The zero-order chi connectivity index (χ0) is 11.7. The monoisotopic (exact) mass is 288 g/mol. The highest BCUT2D eigenvalue weighted by Gasteiger charge is 2.12. The Bertz CT molecular complexity index is 583. The number of hydrogen-bond acceptors (Lipinski definition) is 2. The molecule has 4 atom stereocenters. The second kappa shape index (κ2) is 5.16. The lowest BCUT2D eigenvalue weighted by Gasteiger charge is -2.11. The van der Waals surface area contributed by atoms with E-state index in [0.29, 0.717) is 7.96 Å². The molecule has 2 heterocycles. The summed E-state index contributed by atoms with van der Waals surface area (Å²) in [4.78, 5) is 16.5. The van der Waals surface area contributed by atoms with Crippen LogP contribution < -0.4 is 11.0 Å². The highest BCUT2D eigenvalue weighted by Crippen LogP contribution is 2.64. The van der Waals surface area contributed by atoms with Gasteiger partial charge >= 0.3 is 0 Å². The van der Waals surface area contributed by atoms with Crippen LogP contribution in [0.1, 0.15) is 0 Å². The first-order valence-corrected chi connectivity index (χ1v) is 11.2. The van der Waals surface area contributed by atoms with Gasteiger partial charge in [-0.25, -0.2) is 0 Å². The molecule has 16 heavy (non-hydrogen) atoms. The van der Waals surface area contributed by atoms with Gasteiger partial charge in [-0.2, -0.15) is 0 Å². The minimum atomic E-state index is -0.419. The Kier molecular flexibility index (Phi) is 4.04. The van der Waals surface area contributed by atoms with E-state index in [1.165, 1.54) is 0 Å². The van der Waals surface area contributed by atoms with Crippen molar-refractivity contribution in [2.75, 3.05) is 0 Å². The molecule has 2 aromatic rings. The Morgan fingerprint density at radius 3 is 2.94 bits per heavy atom. The van der Waals surface area contributed by atoms with Crippen LogP contribution in [0.25, 0.3) is 10.8 Å². The molecule has 0 fully saturated rings. The van der Waals surface area contributed by atoms with E-state index >= 15 is 0 Å². The Balaban J connectivity index is 2.85. The van der Waals surface area contributed by atoms with Gasteiger partial charge in [-0.15, -0.1) is 17.9 Å². The average Bonchev–Trinajstić information content (AvgIpc) is 2.32. The maximum Gasteiger partial charge on any atom is 0.260 e. The summed E-state index contributed by atoms with van der Waals surface area (Å²) in [5.74, 6) is 0. The molecule has 0 radical (unpaired) electrons. The van der Waals surface area contributed by atoms with E-state index in [4.69, 9.17) is 0 Å². The lowest BCUT2D eigenvalue weighted by Crippen LogP contribution is -2.21. The Morgan fingerprint density at radius 2 is 2.25 bits per heavy atom. The van der Waals surface area contributed by atoms with Crippen molar-refractivity contribution in [1.29, 1.82) is 0 Å². The van der Waals surface area contributed by atoms with Gasteiger partial charge in [0.05, 0.1) is 10.8 Å². The van der Waals surface area contributed by atoms with E-state index in [1.54, 1.807) is 24.0 Å². The molecule has 0 N–H and O–H groups in total. The number of aryl methyl sites for hydroxylation is 1. The van der Waals surface area contributed by atoms with Gasteiger partial charge in [0.2, 0.25) is 0 Å². The van der Waals surface area contributed by atoms with Gasteiger partial charge in [-0.1, -0.05) is 7.96 Å². The normalized spacial score (nSPS) is 13.7. The predicted octanol–water partition coefficient (Wildman–Crippen LogP) is 2.21. The fourth-order valence-electron chi connectivity index (χ4n) is 1.50. The molecule has 7 heteroatoms. The van der Waals surface area contributed by atoms with E-state index in [1.807, 2.05) is 12.1 Å². The molecule has 0 aromatic carbocycles. The van der Waals surface area contributed by atoms with Crippen molar-refractivity contribution in [3.63, 3.8) is 0 Å². The summed E-state index contributed by atoms with van der Waals surface area (Å²) in [6.07, 6.45) is 3.57. The van der Waals surface area contributed by atoms with Gasteiger partial charge in [-0.05, 0) is 24.8 Å². The van der Waals surface area contributed by atoms with Gasteiger partial charge in [0.15, 0.2) is 0 Å². The van der Waals surface area contributed by atoms with Gasteiger partial charge in [0.1, 0.15) is 0 Å². The van der Waals surface area contributed by atoms with Crippen LogP contribution in [0.5, 0.6) is 0 Å². The molecule has 0 aliphatic rings. The number of fused-ring (bicyclic) bond motifs is 1. The summed E-state index contributed by atoms with van der Waals surface area (Å²) in [5.41, 5.74) is 0.978. The molecule has 3 nitrogen and oxygen atoms in total. The van der Waals surface area contributed by atoms with Crippen LogP contribution in [0.4, 0.5) is 0 Å². The van der Waals surface area contributed by atoms with Crippen LogP contribution in [0.15, 0.2) is 29.3 Å². The predicted molar refractivity (Wildman–Crippen MR) is 81.3 cm³/mol. The van der Waals surface area contributed by atoms with Gasteiger partial charge < -0.3 is 4.57 Å². The van der Waals surface area contributed by atoms with Crippen molar-refractivity contribution < 1.29 is 0 Å². The Hall–Kier alpha value is 0.0800. The van der Waals surface area contributed by atoms with Crippen LogP contribution in [-0.4, -0.2) is 9.55 Å². The van der Waals surface area contributed by atoms with Crippen LogP contribution in [0, 0.1) is 0 Å². The standard InChI is InChI=1S/C9H12N2OP4/c1-11-5-3-6-2-4-10-8(16(14)15-13)7(6)9(11)12/h2-5,15H,13-14H2,1H3.